The molecule has 4 nitrogen and oxygen atoms in total. The fraction of sp³-hybridized carbons (Fsp3) is 0.455. The topological polar surface area (TPSA) is 40.6 Å². The fourth-order valence-electron chi connectivity index (χ4n) is 2.03. The molecule has 1 saturated heterocycles. The van der Waals surface area contributed by atoms with Gasteiger partial charge in [-0.15, -0.1) is 0 Å². The Morgan fingerprint density at radius 2 is 1.56 bits per heavy atom. The standard InChI is InChI=1S/C11H14Cl2N2O2S/c1-18(16,17)15-7-5-14(6-8-15)11-9(12)3-2-4-10(11)13/h2-4H,5-8H2,1H3. The minimum atomic E-state index is -3.11. The molecule has 100 valence electrons. The van der Waals surface area contributed by atoms with Crippen molar-refractivity contribution in [3.05, 3.63) is 28.2 Å². The normalized spacial score (nSPS) is 18.1. The molecule has 0 atom stereocenters. The molecule has 1 fully saturated rings. The average molecular weight is 309 g/mol. The van der Waals surface area contributed by atoms with E-state index in [-0.39, 0.29) is 0 Å². The van der Waals surface area contributed by atoms with Crippen LogP contribution >= 0.6 is 23.2 Å². The van der Waals surface area contributed by atoms with Gasteiger partial charge in [-0.1, -0.05) is 29.3 Å². The highest BCUT2D eigenvalue weighted by Gasteiger charge is 2.25. The van der Waals surface area contributed by atoms with Crippen molar-refractivity contribution in [2.24, 2.45) is 0 Å². The van der Waals surface area contributed by atoms with E-state index in [0.29, 0.717) is 36.2 Å². The van der Waals surface area contributed by atoms with E-state index in [9.17, 15) is 8.42 Å². The summed E-state index contributed by atoms with van der Waals surface area (Å²) in [5, 5.41) is 1.19. The number of benzene rings is 1. The van der Waals surface area contributed by atoms with Gasteiger partial charge in [0.05, 0.1) is 22.0 Å². The highest BCUT2D eigenvalue weighted by Crippen LogP contribution is 2.34. The SMILES string of the molecule is CS(=O)(=O)N1CCN(c2c(Cl)cccc2Cl)CC1. The van der Waals surface area contributed by atoms with Crippen LogP contribution in [0.5, 0.6) is 0 Å². The molecule has 0 aromatic heterocycles. The Labute approximate surface area is 117 Å². The Kier molecular flexibility index (Phi) is 4.06. The van der Waals surface area contributed by atoms with Crippen LogP contribution in [-0.2, 0) is 10.0 Å². The molecule has 0 unspecified atom stereocenters. The van der Waals surface area contributed by atoms with Crippen LogP contribution in [-0.4, -0.2) is 45.2 Å². The van der Waals surface area contributed by atoms with Crippen LogP contribution in [0, 0.1) is 0 Å². The maximum atomic E-state index is 11.4. The van der Waals surface area contributed by atoms with Crippen molar-refractivity contribution < 1.29 is 8.42 Å². The van der Waals surface area contributed by atoms with Crippen molar-refractivity contribution in [1.29, 1.82) is 0 Å². The average Bonchev–Trinajstić information content (AvgIpc) is 2.28. The zero-order valence-corrected chi connectivity index (χ0v) is 12.3. The smallest absolute Gasteiger partial charge is 0.211 e. The van der Waals surface area contributed by atoms with Crippen molar-refractivity contribution in [3.8, 4) is 0 Å². The van der Waals surface area contributed by atoms with Crippen molar-refractivity contribution in [1.82, 2.24) is 4.31 Å². The number of nitrogens with zero attached hydrogens (tertiary/aromatic N) is 2. The van der Waals surface area contributed by atoms with Crippen molar-refractivity contribution in [3.63, 3.8) is 0 Å². The molecule has 1 aliphatic rings. The number of hydrogen-bond acceptors (Lipinski definition) is 3. The molecule has 1 aromatic rings. The fourth-order valence-corrected chi connectivity index (χ4v) is 3.50. The van der Waals surface area contributed by atoms with E-state index in [2.05, 4.69) is 0 Å². The molecule has 0 spiro atoms. The quantitative estimate of drug-likeness (QED) is 0.840. The minimum Gasteiger partial charge on any atom is -0.366 e. The first-order valence-electron chi connectivity index (χ1n) is 5.53. The summed E-state index contributed by atoms with van der Waals surface area (Å²) in [7, 11) is -3.11. The minimum absolute atomic E-state index is 0.459. The summed E-state index contributed by atoms with van der Waals surface area (Å²) in [6.45, 7) is 2.10. The van der Waals surface area contributed by atoms with Gasteiger partial charge in [-0.2, -0.15) is 4.31 Å². The van der Waals surface area contributed by atoms with E-state index in [1.165, 1.54) is 10.6 Å². The van der Waals surface area contributed by atoms with Gasteiger partial charge in [0.25, 0.3) is 0 Å². The third-order valence-electron chi connectivity index (χ3n) is 2.96. The van der Waals surface area contributed by atoms with Crippen LogP contribution in [0.2, 0.25) is 10.0 Å². The summed E-state index contributed by atoms with van der Waals surface area (Å²) in [5.74, 6) is 0. The Morgan fingerprint density at radius 1 is 1.06 bits per heavy atom. The first-order chi connectivity index (χ1) is 8.39. The van der Waals surface area contributed by atoms with E-state index in [1.807, 2.05) is 4.90 Å². The van der Waals surface area contributed by atoms with Crippen LogP contribution in [0.1, 0.15) is 0 Å². The van der Waals surface area contributed by atoms with Gasteiger partial charge in [-0.05, 0) is 12.1 Å². The molecule has 0 radical (unpaired) electrons. The number of anilines is 1. The molecule has 0 amide bonds. The van der Waals surface area contributed by atoms with Gasteiger partial charge in [0.15, 0.2) is 0 Å². The molecule has 1 heterocycles. The molecule has 0 aliphatic carbocycles. The lowest BCUT2D eigenvalue weighted by Crippen LogP contribution is -2.48. The highest BCUT2D eigenvalue weighted by molar-refractivity contribution is 7.88. The lowest BCUT2D eigenvalue weighted by molar-refractivity contribution is 0.388. The van der Waals surface area contributed by atoms with Gasteiger partial charge in [0.2, 0.25) is 10.0 Å². The Balaban J connectivity index is 2.15. The van der Waals surface area contributed by atoms with Gasteiger partial charge in [-0.25, -0.2) is 8.42 Å². The molecule has 0 N–H and O–H groups in total. The maximum Gasteiger partial charge on any atom is 0.211 e. The zero-order valence-electron chi connectivity index (χ0n) is 9.94. The summed E-state index contributed by atoms with van der Waals surface area (Å²) in [6, 6.07) is 5.36. The number of piperazine rings is 1. The Hall–Kier alpha value is -0.490. The Bertz CT molecular complexity index is 520. The van der Waals surface area contributed by atoms with Crippen LogP contribution in [0.25, 0.3) is 0 Å². The third kappa shape index (κ3) is 2.91. The predicted octanol–water partition coefficient (Wildman–Crippen LogP) is 2.08. The molecule has 1 aromatic carbocycles. The van der Waals surface area contributed by atoms with E-state index in [0.717, 1.165) is 5.69 Å². The molecular formula is C11H14Cl2N2O2S. The molecule has 2 rings (SSSR count). The second-order valence-electron chi connectivity index (χ2n) is 4.22. The molecule has 0 saturated carbocycles. The maximum absolute atomic E-state index is 11.4. The molecule has 1 aliphatic heterocycles. The predicted molar refractivity (Wildman–Crippen MR) is 75.1 cm³/mol. The summed E-state index contributed by atoms with van der Waals surface area (Å²) >= 11 is 12.3. The van der Waals surface area contributed by atoms with E-state index in [4.69, 9.17) is 23.2 Å². The Morgan fingerprint density at radius 3 is 2.00 bits per heavy atom. The van der Waals surface area contributed by atoms with Gasteiger partial charge in [0.1, 0.15) is 0 Å². The lowest BCUT2D eigenvalue weighted by Gasteiger charge is -2.35. The van der Waals surface area contributed by atoms with Crippen molar-refractivity contribution in [2.75, 3.05) is 37.3 Å². The largest absolute Gasteiger partial charge is 0.366 e. The first kappa shape index (κ1) is 13.9. The lowest BCUT2D eigenvalue weighted by atomic mass is 10.2. The number of hydrogen-bond donors (Lipinski definition) is 0. The summed E-state index contributed by atoms with van der Waals surface area (Å²) in [4.78, 5) is 2.02. The number of halogens is 2. The van der Waals surface area contributed by atoms with Gasteiger partial charge >= 0.3 is 0 Å². The van der Waals surface area contributed by atoms with Crippen molar-refractivity contribution >= 4 is 38.9 Å². The van der Waals surface area contributed by atoms with E-state index < -0.39 is 10.0 Å². The van der Waals surface area contributed by atoms with E-state index >= 15 is 0 Å². The summed E-state index contributed by atoms with van der Waals surface area (Å²) < 4.78 is 24.3. The third-order valence-corrected chi connectivity index (χ3v) is 4.87. The molecular weight excluding hydrogens is 295 g/mol. The highest BCUT2D eigenvalue weighted by atomic mass is 35.5. The molecule has 0 bridgehead atoms. The monoisotopic (exact) mass is 308 g/mol. The van der Waals surface area contributed by atoms with Crippen LogP contribution in [0.3, 0.4) is 0 Å². The first-order valence-corrected chi connectivity index (χ1v) is 8.14. The zero-order chi connectivity index (χ0) is 13.3. The second-order valence-corrected chi connectivity index (χ2v) is 7.02. The summed E-state index contributed by atoms with van der Waals surface area (Å²) in [5.41, 5.74) is 0.786. The van der Waals surface area contributed by atoms with Crippen LogP contribution in [0.15, 0.2) is 18.2 Å². The van der Waals surface area contributed by atoms with Gasteiger partial charge in [-0.3, -0.25) is 0 Å². The number of rotatable bonds is 2. The van der Waals surface area contributed by atoms with Crippen molar-refractivity contribution in [2.45, 2.75) is 0 Å². The van der Waals surface area contributed by atoms with Crippen LogP contribution in [0.4, 0.5) is 5.69 Å². The molecule has 18 heavy (non-hydrogen) atoms. The van der Waals surface area contributed by atoms with Crippen LogP contribution < -0.4 is 4.90 Å². The second kappa shape index (κ2) is 5.25. The number of para-hydroxylation sites is 1. The van der Waals surface area contributed by atoms with E-state index in [1.54, 1.807) is 18.2 Å². The summed E-state index contributed by atoms with van der Waals surface area (Å²) in [6.07, 6.45) is 1.23. The van der Waals surface area contributed by atoms with Gasteiger partial charge < -0.3 is 4.90 Å². The number of sulfonamides is 1. The van der Waals surface area contributed by atoms with Gasteiger partial charge in [0, 0.05) is 26.2 Å². The molecule has 7 heteroatoms.